The molecule has 0 aromatic carbocycles. The average Bonchev–Trinajstić information content (AvgIpc) is 2.86. The van der Waals surface area contributed by atoms with Crippen LogP contribution in [0.3, 0.4) is 0 Å². The molecule has 2 amide bonds. The van der Waals surface area contributed by atoms with Crippen LogP contribution in [0.25, 0.3) is 0 Å². The molecule has 1 fully saturated rings. The Morgan fingerprint density at radius 3 is 2.24 bits per heavy atom. The Bertz CT molecular complexity index is 532. The minimum atomic E-state index is -1.75. The third-order valence-corrected chi connectivity index (χ3v) is 3.71. The van der Waals surface area contributed by atoms with E-state index in [1.165, 1.54) is 11.9 Å². The lowest BCUT2D eigenvalue weighted by molar-refractivity contribution is -0.142. The lowest BCUT2D eigenvalue weighted by Crippen LogP contribution is -2.44. The quantitative estimate of drug-likeness (QED) is 0.707. The molecule has 0 bridgehead atoms. The molecule has 25 heavy (non-hydrogen) atoms. The molecule has 0 unspecified atom stereocenters. The third-order valence-electron chi connectivity index (χ3n) is 3.39. The second-order valence-corrected chi connectivity index (χ2v) is 9.17. The predicted octanol–water partition coefficient (Wildman–Crippen LogP) is 2.89. The number of hydrogen-bond donors (Lipinski definition) is 1. The van der Waals surface area contributed by atoms with Crippen molar-refractivity contribution in [2.75, 3.05) is 20.2 Å². The first-order chi connectivity index (χ1) is 11.2. The van der Waals surface area contributed by atoms with Crippen molar-refractivity contribution in [2.45, 2.75) is 48.7 Å². The standard InChI is InChI=1S/C14H21Cl3N2O6/c1-13(2,3)25-12(23)19-6-8(5-9(19)10(20)21)18(4)11(22)24-7-14(15,16)17/h8-9H,5-7H2,1-4H3,(H,20,21)/t8-,9-/m0/s1. The molecule has 1 N–H and O–H groups in total. The molecule has 1 saturated heterocycles. The third kappa shape index (κ3) is 6.95. The molecule has 0 aliphatic carbocycles. The van der Waals surface area contributed by atoms with E-state index in [4.69, 9.17) is 44.3 Å². The fourth-order valence-electron chi connectivity index (χ4n) is 2.25. The van der Waals surface area contributed by atoms with Crippen molar-refractivity contribution in [3.05, 3.63) is 0 Å². The summed E-state index contributed by atoms with van der Waals surface area (Å²) in [5.41, 5.74) is -0.770. The Balaban J connectivity index is 2.78. The SMILES string of the molecule is CN(C(=O)OCC(Cl)(Cl)Cl)[C@H]1C[C@@H](C(=O)O)N(C(=O)OC(C)(C)C)C1. The monoisotopic (exact) mass is 418 g/mol. The summed E-state index contributed by atoms with van der Waals surface area (Å²) in [5, 5.41) is 9.34. The van der Waals surface area contributed by atoms with Crippen LogP contribution in [0.1, 0.15) is 27.2 Å². The van der Waals surface area contributed by atoms with Crippen LogP contribution in [0.15, 0.2) is 0 Å². The Morgan fingerprint density at radius 1 is 1.24 bits per heavy atom. The molecule has 11 heteroatoms. The maximum Gasteiger partial charge on any atom is 0.411 e. The number of ether oxygens (including phenoxy) is 2. The van der Waals surface area contributed by atoms with Gasteiger partial charge in [-0.3, -0.25) is 4.90 Å². The fraction of sp³-hybridized carbons (Fsp3) is 0.786. The van der Waals surface area contributed by atoms with Crippen LogP contribution in [-0.4, -0.2) is 74.7 Å². The Hall–Kier alpha value is -1.12. The number of carboxylic acid groups (broad SMARTS) is 1. The molecule has 0 spiro atoms. The average molecular weight is 420 g/mol. The van der Waals surface area contributed by atoms with Crippen molar-refractivity contribution >= 4 is 53.0 Å². The second-order valence-electron chi connectivity index (χ2n) is 6.66. The van der Waals surface area contributed by atoms with Crippen LogP contribution in [0, 0.1) is 0 Å². The Labute approximate surface area is 160 Å². The predicted molar refractivity (Wildman–Crippen MR) is 92.2 cm³/mol. The van der Waals surface area contributed by atoms with E-state index >= 15 is 0 Å². The van der Waals surface area contributed by atoms with Crippen LogP contribution in [0.4, 0.5) is 9.59 Å². The van der Waals surface area contributed by atoms with E-state index in [1.807, 2.05) is 0 Å². The number of hydrogen-bond acceptors (Lipinski definition) is 5. The van der Waals surface area contributed by atoms with Gasteiger partial charge in [0, 0.05) is 20.0 Å². The summed E-state index contributed by atoms with van der Waals surface area (Å²) in [5.74, 6) is -1.18. The number of aliphatic carboxylic acids is 1. The van der Waals surface area contributed by atoms with Gasteiger partial charge in [0.15, 0.2) is 0 Å². The summed E-state index contributed by atoms with van der Waals surface area (Å²) in [4.78, 5) is 37.9. The zero-order chi connectivity index (χ0) is 19.6. The highest BCUT2D eigenvalue weighted by atomic mass is 35.6. The number of carbonyl (C=O) groups excluding carboxylic acids is 2. The van der Waals surface area contributed by atoms with Crippen molar-refractivity contribution in [2.24, 2.45) is 0 Å². The molecule has 1 aliphatic heterocycles. The highest BCUT2D eigenvalue weighted by molar-refractivity contribution is 6.67. The van der Waals surface area contributed by atoms with Crippen molar-refractivity contribution < 1.29 is 29.0 Å². The summed E-state index contributed by atoms with van der Waals surface area (Å²) in [6.07, 6.45) is -1.51. The molecule has 1 rings (SSSR count). The van der Waals surface area contributed by atoms with Gasteiger partial charge in [-0.05, 0) is 20.8 Å². The molecule has 144 valence electrons. The summed E-state index contributed by atoms with van der Waals surface area (Å²) in [7, 11) is 1.42. The van der Waals surface area contributed by atoms with E-state index in [-0.39, 0.29) is 13.0 Å². The number of likely N-dealkylation sites (N-methyl/N-ethyl adjacent to an activating group) is 1. The van der Waals surface area contributed by atoms with Gasteiger partial charge in [-0.2, -0.15) is 0 Å². The van der Waals surface area contributed by atoms with Gasteiger partial charge in [0.05, 0.1) is 6.04 Å². The molecule has 2 atom stereocenters. The lowest BCUT2D eigenvalue weighted by atomic mass is 10.1. The first-order valence-corrected chi connectivity index (χ1v) is 8.53. The maximum atomic E-state index is 12.2. The molecule has 1 aliphatic rings. The molecule has 0 aromatic rings. The molecule has 0 saturated carbocycles. The maximum absolute atomic E-state index is 12.2. The van der Waals surface area contributed by atoms with Crippen molar-refractivity contribution in [3.63, 3.8) is 0 Å². The highest BCUT2D eigenvalue weighted by Crippen LogP contribution is 2.27. The van der Waals surface area contributed by atoms with E-state index in [2.05, 4.69) is 0 Å². The van der Waals surface area contributed by atoms with Gasteiger partial charge in [0.2, 0.25) is 3.79 Å². The molecule has 0 radical (unpaired) electrons. The second kappa shape index (κ2) is 8.05. The van der Waals surface area contributed by atoms with Gasteiger partial charge in [-0.1, -0.05) is 34.8 Å². The first-order valence-electron chi connectivity index (χ1n) is 7.40. The molecular weight excluding hydrogens is 399 g/mol. The number of amides is 2. The normalized spacial score (nSPS) is 21.0. The fourth-order valence-corrected chi connectivity index (χ4v) is 2.41. The molecule has 0 aromatic heterocycles. The van der Waals surface area contributed by atoms with Gasteiger partial charge in [-0.15, -0.1) is 0 Å². The van der Waals surface area contributed by atoms with Crippen LogP contribution in [-0.2, 0) is 14.3 Å². The smallest absolute Gasteiger partial charge is 0.411 e. The number of nitrogens with zero attached hydrogens (tertiary/aromatic N) is 2. The largest absolute Gasteiger partial charge is 0.480 e. The van der Waals surface area contributed by atoms with Crippen LogP contribution >= 0.6 is 34.8 Å². The van der Waals surface area contributed by atoms with E-state index in [1.54, 1.807) is 20.8 Å². The van der Waals surface area contributed by atoms with E-state index in [0.717, 1.165) is 4.90 Å². The minimum Gasteiger partial charge on any atom is -0.480 e. The Kier molecular flexibility index (Phi) is 7.06. The van der Waals surface area contributed by atoms with Gasteiger partial charge in [0.25, 0.3) is 0 Å². The van der Waals surface area contributed by atoms with Gasteiger partial charge < -0.3 is 19.5 Å². The van der Waals surface area contributed by atoms with Crippen LogP contribution in [0.5, 0.6) is 0 Å². The number of rotatable bonds is 3. The van der Waals surface area contributed by atoms with Crippen LogP contribution in [0.2, 0.25) is 0 Å². The summed E-state index contributed by atoms with van der Waals surface area (Å²) < 4.78 is 8.33. The zero-order valence-corrected chi connectivity index (χ0v) is 16.6. The van der Waals surface area contributed by atoms with Gasteiger partial charge in [0.1, 0.15) is 18.2 Å². The minimum absolute atomic E-state index is 0.00868. The number of carbonyl (C=O) groups is 3. The van der Waals surface area contributed by atoms with Crippen molar-refractivity contribution in [1.82, 2.24) is 9.80 Å². The molecular formula is C14H21Cl3N2O6. The van der Waals surface area contributed by atoms with Crippen LogP contribution < -0.4 is 0 Å². The molecule has 1 heterocycles. The van der Waals surface area contributed by atoms with Crippen molar-refractivity contribution in [1.29, 1.82) is 0 Å². The number of halogens is 3. The lowest BCUT2D eigenvalue weighted by Gasteiger charge is -2.27. The van der Waals surface area contributed by atoms with Gasteiger partial charge in [-0.25, -0.2) is 14.4 Å². The topological polar surface area (TPSA) is 96.4 Å². The summed E-state index contributed by atoms with van der Waals surface area (Å²) >= 11 is 16.6. The first kappa shape index (κ1) is 21.9. The summed E-state index contributed by atoms with van der Waals surface area (Å²) in [6, 6.07) is -1.68. The van der Waals surface area contributed by atoms with E-state index in [0.29, 0.717) is 0 Å². The zero-order valence-electron chi connectivity index (χ0n) is 14.3. The highest BCUT2D eigenvalue weighted by Gasteiger charge is 2.44. The van der Waals surface area contributed by atoms with E-state index < -0.39 is 46.2 Å². The van der Waals surface area contributed by atoms with E-state index in [9.17, 15) is 19.5 Å². The number of alkyl halides is 3. The van der Waals surface area contributed by atoms with Crippen molar-refractivity contribution in [3.8, 4) is 0 Å². The Morgan fingerprint density at radius 2 is 1.80 bits per heavy atom. The number of likely N-dealkylation sites (tertiary alicyclic amines) is 1. The molecule has 8 nitrogen and oxygen atoms in total. The summed E-state index contributed by atoms with van der Waals surface area (Å²) in [6.45, 7) is 4.56. The number of carboxylic acids is 1. The van der Waals surface area contributed by atoms with Gasteiger partial charge >= 0.3 is 18.2 Å².